The molecule has 0 spiro atoms. The summed E-state index contributed by atoms with van der Waals surface area (Å²) in [4.78, 5) is 26.1. The zero-order valence-electron chi connectivity index (χ0n) is 23.0. The minimum absolute atomic E-state index is 0.0113. The quantitative estimate of drug-likeness (QED) is 0.300. The second-order valence-electron chi connectivity index (χ2n) is 10.3. The highest BCUT2D eigenvalue weighted by molar-refractivity contribution is 5.86. The lowest BCUT2D eigenvalue weighted by Gasteiger charge is -2.29. The van der Waals surface area contributed by atoms with Gasteiger partial charge in [-0.1, -0.05) is 30.3 Å². The summed E-state index contributed by atoms with van der Waals surface area (Å²) < 4.78 is 50.1. The summed E-state index contributed by atoms with van der Waals surface area (Å²) in [5, 5.41) is 17.4. The van der Waals surface area contributed by atoms with Gasteiger partial charge >= 0.3 is 12.3 Å². The van der Waals surface area contributed by atoms with E-state index >= 15 is 0 Å². The third kappa shape index (κ3) is 7.96. The van der Waals surface area contributed by atoms with Gasteiger partial charge in [0.25, 0.3) is 0 Å². The number of alkyl halides is 3. The normalized spacial score (nSPS) is 12.7. The van der Waals surface area contributed by atoms with Crippen molar-refractivity contribution < 1.29 is 27.5 Å². The number of carbonyl (C=O) groups is 2. The molecule has 0 unspecified atom stereocenters. The molecule has 0 aliphatic carbocycles. The highest BCUT2D eigenvalue weighted by Gasteiger charge is 2.36. The molecule has 0 bridgehead atoms. The second kappa shape index (κ2) is 11.9. The number of carbonyl (C=O) groups excluding carboxylic acids is 2. The number of benzene rings is 1. The van der Waals surface area contributed by atoms with E-state index in [-0.39, 0.29) is 25.3 Å². The Bertz CT molecular complexity index is 1490. The average Bonchev–Trinajstić information content (AvgIpc) is 3.62. The molecule has 218 valence electrons. The van der Waals surface area contributed by atoms with Crippen LogP contribution in [0.2, 0.25) is 0 Å². The van der Waals surface area contributed by atoms with Crippen LogP contribution in [-0.4, -0.2) is 52.9 Å². The lowest BCUT2D eigenvalue weighted by molar-refractivity contribution is -0.141. The number of aryl methyl sites for hydroxylation is 2. The number of hydrogen-bond acceptors (Lipinski definition) is 6. The summed E-state index contributed by atoms with van der Waals surface area (Å²) >= 11 is 0. The molecular weight excluding hydrogens is 541 g/mol. The fourth-order valence-electron chi connectivity index (χ4n) is 4.23. The van der Waals surface area contributed by atoms with Gasteiger partial charge in [0, 0.05) is 38.5 Å². The van der Waals surface area contributed by atoms with E-state index in [0.29, 0.717) is 11.1 Å². The van der Waals surface area contributed by atoms with Crippen molar-refractivity contribution in [2.24, 2.45) is 14.1 Å². The van der Waals surface area contributed by atoms with Crippen molar-refractivity contribution in [3.8, 4) is 11.3 Å². The monoisotopic (exact) mass is 572 g/mol. The Balaban J connectivity index is 1.51. The first-order chi connectivity index (χ1) is 19.3. The van der Waals surface area contributed by atoms with Crippen LogP contribution in [0.4, 0.5) is 18.0 Å². The number of nitrogens with zero attached hydrogens (tertiary/aromatic N) is 6. The van der Waals surface area contributed by atoms with E-state index in [2.05, 4.69) is 25.9 Å². The fourth-order valence-corrected chi connectivity index (χ4v) is 4.23. The Morgan fingerprint density at radius 2 is 1.68 bits per heavy atom. The van der Waals surface area contributed by atoms with Gasteiger partial charge < -0.3 is 15.4 Å². The van der Waals surface area contributed by atoms with Crippen LogP contribution in [0.1, 0.15) is 30.7 Å². The summed E-state index contributed by atoms with van der Waals surface area (Å²) in [5.74, 6) is -0.554. The van der Waals surface area contributed by atoms with Crippen molar-refractivity contribution >= 4 is 12.0 Å². The number of amides is 2. The SMILES string of the molecule is Cn1cc(C[C@@H](NC(=O)OCc2ccccc2)C(=O)NC(C)(C)Cn2nc(C(F)(F)F)cc2-c2cnn(C)c2)cn1. The van der Waals surface area contributed by atoms with Gasteiger partial charge in [0.05, 0.1) is 30.2 Å². The number of rotatable bonds is 10. The largest absolute Gasteiger partial charge is 0.445 e. The highest BCUT2D eigenvalue weighted by atomic mass is 19.4. The molecule has 14 heteroatoms. The number of halogens is 3. The topological polar surface area (TPSA) is 121 Å². The molecule has 1 atom stereocenters. The molecule has 1 aromatic carbocycles. The van der Waals surface area contributed by atoms with E-state index in [1.807, 2.05) is 18.2 Å². The number of aromatic nitrogens is 6. The van der Waals surface area contributed by atoms with Crippen LogP contribution in [0.15, 0.2) is 61.2 Å². The fraction of sp³-hybridized carbons (Fsp3) is 0.370. The van der Waals surface area contributed by atoms with Crippen molar-refractivity contribution in [2.75, 3.05) is 0 Å². The molecule has 0 fully saturated rings. The van der Waals surface area contributed by atoms with Gasteiger partial charge in [-0.15, -0.1) is 0 Å². The van der Waals surface area contributed by atoms with Crippen LogP contribution >= 0.6 is 0 Å². The third-order valence-electron chi connectivity index (χ3n) is 6.10. The van der Waals surface area contributed by atoms with Gasteiger partial charge in [0.1, 0.15) is 12.6 Å². The zero-order chi connectivity index (χ0) is 29.8. The van der Waals surface area contributed by atoms with Crippen molar-refractivity contribution in [3.63, 3.8) is 0 Å². The highest BCUT2D eigenvalue weighted by Crippen LogP contribution is 2.32. The van der Waals surface area contributed by atoms with Gasteiger partial charge in [0.15, 0.2) is 5.69 Å². The van der Waals surface area contributed by atoms with Crippen LogP contribution in [-0.2, 0) is 49.4 Å². The first-order valence-electron chi connectivity index (χ1n) is 12.7. The van der Waals surface area contributed by atoms with Crippen molar-refractivity contribution in [3.05, 3.63) is 78.0 Å². The van der Waals surface area contributed by atoms with Gasteiger partial charge in [0.2, 0.25) is 5.91 Å². The lowest BCUT2D eigenvalue weighted by Crippen LogP contribution is -2.55. The molecule has 4 rings (SSSR count). The van der Waals surface area contributed by atoms with Gasteiger partial charge in [-0.25, -0.2) is 4.79 Å². The molecule has 2 N–H and O–H groups in total. The molecule has 4 aromatic rings. The van der Waals surface area contributed by atoms with E-state index in [0.717, 1.165) is 11.6 Å². The molecule has 0 saturated heterocycles. The van der Waals surface area contributed by atoms with Crippen molar-refractivity contribution in [1.82, 2.24) is 40.0 Å². The molecule has 0 aliphatic rings. The summed E-state index contributed by atoms with van der Waals surface area (Å²) in [6.45, 7) is 3.22. The van der Waals surface area contributed by atoms with E-state index in [9.17, 15) is 22.8 Å². The van der Waals surface area contributed by atoms with Crippen LogP contribution in [0, 0.1) is 0 Å². The summed E-state index contributed by atoms with van der Waals surface area (Å²) in [6.07, 6.45) is 0.959. The molecule has 0 saturated carbocycles. The Morgan fingerprint density at radius 3 is 2.29 bits per heavy atom. The maximum atomic E-state index is 13.5. The number of nitrogens with one attached hydrogen (secondary N) is 2. The Labute approximate surface area is 234 Å². The van der Waals surface area contributed by atoms with E-state index in [4.69, 9.17) is 4.74 Å². The smallest absolute Gasteiger partial charge is 0.435 e. The third-order valence-corrected chi connectivity index (χ3v) is 6.10. The van der Waals surface area contributed by atoms with Crippen LogP contribution in [0.25, 0.3) is 11.3 Å². The molecule has 3 heterocycles. The Hall–Kier alpha value is -4.62. The van der Waals surface area contributed by atoms with Crippen molar-refractivity contribution in [2.45, 2.75) is 51.2 Å². The second-order valence-corrected chi connectivity index (χ2v) is 10.3. The standard InChI is InChI=1S/C27H31F3N8O3/c1-26(2,17-38-22(20-13-32-37(4)15-20)11-23(35-38)27(28,29)30)34-24(39)21(10-19-12-31-36(3)14-19)33-25(40)41-16-18-8-6-5-7-9-18/h5-9,11-15,21H,10,16-17H2,1-4H3,(H,33,40)(H,34,39)/t21-/m1/s1. The minimum atomic E-state index is -4.66. The molecule has 11 nitrogen and oxygen atoms in total. The van der Waals surface area contributed by atoms with Crippen LogP contribution < -0.4 is 10.6 Å². The zero-order valence-corrected chi connectivity index (χ0v) is 23.0. The van der Waals surface area contributed by atoms with E-state index in [1.165, 1.54) is 15.6 Å². The van der Waals surface area contributed by atoms with Crippen LogP contribution in [0.5, 0.6) is 0 Å². The molecule has 0 aliphatic heterocycles. The molecule has 41 heavy (non-hydrogen) atoms. The van der Waals surface area contributed by atoms with Gasteiger partial charge in [-0.05, 0) is 31.0 Å². The number of ether oxygens (including phenoxy) is 1. The van der Waals surface area contributed by atoms with E-state index in [1.54, 1.807) is 63.3 Å². The lowest BCUT2D eigenvalue weighted by atomic mass is 10.0. The molecule has 0 radical (unpaired) electrons. The van der Waals surface area contributed by atoms with Gasteiger partial charge in [-0.2, -0.15) is 28.5 Å². The summed E-state index contributed by atoms with van der Waals surface area (Å²) in [6, 6.07) is 8.96. The number of alkyl carbamates (subject to hydrolysis) is 1. The van der Waals surface area contributed by atoms with E-state index < -0.39 is 35.5 Å². The molecule has 2 amide bonds. The molecule has 3 aromatic heterocycles. The minimum Gasteiger partial charge on any atom is -0.445 e. The first kappa shape index (κ1) is 29.4. The maximum Gasteiger partial charge on any atom is 0.435 e. The van der Waals surface area contributed by atoms with Crippen molar-refractivity contribution in [1.29, 1.82) is 0 Å². The average molecular weight is 573 g/mol. The Morgan fingerprint density at radius 1 is 1.00 bits per heavy atom. The van der Waals surface area contributed by atoms with Gasteiger partial charge in [-0.3, -0.25) is 18.8 Å². The van der Waals surface area contributed by atoms with Crippen LogP contribution in [0.3, 0.4) is 0 Å². The maximum absolute atomic E-state index is 13.5. The summed E-state index contributed by atoms with van der Waals surface area (Å²) in [7, 11) is 3.38. The first-order valence-corrected chi connectivity index (χ1v) is 12.7. The molecular formula is C27H31F3N8O3. The summed E-state index contributed by atoms with van der Waals surface area (Å²) in [5.41, 5.74) is -0.0346. The Kier molecular flexibility index (Phi) is 8.49. The predicted octanol–water partition coefficient (Wildman–Crippen LogP) is 3.47. The number of hydrogen-bond donors (Lipinski definition) is 2. The predicted molar refractivity (Wildman–Crippen MR) is 142 cm³/mol.